The number of alkyl halides is 4. The van der Waals surface area contributed by atoms with Crippen LogP contribution in [0.25, 0.3) is 0 Å². The molecule has 8 unspecified atom stereocenters. The summed E-state index contributed by atoms with van der Waals surface area (Å²) < 4.78 is 54.4. The lowest BCUT2D eigenvalue weighted by molar-refractivity contribution is 0.0481. The molecule has 0 aliphatic heterocycles. The fraction of sp³-hybridized carbons (Fsp3) is 1.00. The monoisotopic (exact) mass is 380 g/mol. The van der Waals surface area contributed by atoms with E-state index in [2.05, 4.69) is 20.8 Å². The van der Waals surface area contributed by atoms with Gasteiger partial charge in [-0.1, -0.05) is 40.0 Å². The Morgan fingerprint density at radius 1 is 0.923 bits per heavy atom. The smallest absolute Gasteiger partial charge is 0.131 e. The molecule has 0 aromatic carbocycles. The summed E-state index contributed by atoms with van der Waals surface area (Å²) in [6, 6.07) is 0. The first-order chi connectivity index (χ1) is 12.3. The standard InChI is InChI=1S/C22H40F4/c1-5-15(2)6-7-16(3)19-8-10-20(22(26)14-19)18(12-13-23)9-11-21(25)17(4)24/h15-22H,5-14H2,1-4H3. The van der Waals surface area contributed by atoms with Gasteiger partial charge in [-0.15, -0.1) is 0 Å². The van der Waals surface area contributed by atoms with Crippen LogP contribution in [0.1, 0.15) is 85.5 Å². The molecule has 0 spiro atoms. The topological polar surface area (TPSA) is 0 Å². The summed E-state index contributed by atoms with van der Waals surface area (Å²) >= 11 is 0. The van der Waals surface area contributed by atoms with Crippen molar-refractivity contribution in [3.63, 3.8) is 0 Å². The summed E-state index contributed by atoms with van der Waals surface area (Å²) in [6.07, 6.45) is 2.57. The molecule has 0 nitrogen and oxygen atoms in total. The highest BCUT2D eigenvalue weighted by molar-refractivity contribution is 4.87. The van der Waals surface area contributed by atoms with Gasteiger partial charge in [0.05, 0.1) is 6.67 Å². The molecule has 0 radical (unpaired) electrons. The van der Waals surface area contributed by atoms with Crippen LogP contribution in [0.4, 0.5) is 17.6 Å². The molecule has 8 atom stereocenters. The lowest BCUT2D eigenvalue weighted by atomic mass is 9.68. The molecule has 156 valence electrons. The third kappa shape index (κ3) is 7.76. The van der Waals surface area contributed by atoms with Crippen LogP contribution in [0, 0.1) is 29.6 Å². The fourth-order valence-corrected chi connectivity index (χ4v) is 4.52. The highest BCUT2D eigenvalue weighted by Crippen LogP contribution is 2.42. The van der Waals surface area contributed by atoms with E-state index in [0.29, 0.717) is 24.7 Å². The van der Waals surface area contributed by atoms with Gasteiger partial charge < -0.3 is 0 Å². The number of hydrogen-bond donors (Lipinski definition) is 0. The maximum absolute atomic E-state index is 14.9. The quantitative estimate of drug-likeness (QED) is 0.305. The Hall–Kier alpha value is -0.280. The fourth-order valence-electron chi connectivity index (χ4n) is 4.52. The van der Waals surface area contributed by atoms with E-state index in [1.165, 1.54) is 19.8 Å². The second-order valence-electron chi connectivity index (χ2n) is 8.83. The largest absolute Gasteiger partial charge is 0.251 e. The first-order valence-electron chi connectivity index (χ1n) is 10.8. The molecule has 1 saturated carbocycles. The zero-order valence-corrected chi connectivity index (χ0v) is 17.2. The zero-order valence-electron chi connectivity index (χ0n) is 17.2. The van der Waals surface area contributed by atoms with E-state index in [0.717, 1.165) is 25.2 Å². The van der Waals surface area contributed by atoms with E-state index in [9.17, 15) is 17.6 Å². The van der Waals surface area contributed by atoms with Gasteiger partial charge in [-0.2, -0.15) is 0 Å². The third-order valence-corrected chi connectivity index (χ3v) is 6.88. The van der Waals surface area contributed by atoms with Gasteiger partial charge in [-0.25, -0.2) is 13.2 Å². The summed E-state index contributed by atoms with van der Waals surface area (Å²) in [5.74, 6) is 1.28. The Bertz CT molecular complexity index is 360. The van der Waals surface area contributed by atoms with Crippen molar-refractivity contribution >= 4 is 0 Å². The maximum atomic E-state index is 14.9. The SMILES string of the molecule is CCC(C)CCC(C)C1CCC(C(CCF)CCC(F)C(C)F)C(F)C1. The Morgan fingerprint density at radius 2 is 1.62 bits per heavy atom. The predicted molar refractivity (Wildman–Crippen MR) is 102 cm³/mol. The van der Waals surface area contributed by atoms with Crippen LogP contribution >= 0.6 is 0 Å². The second-order valence-corrected chi connectivity index (χ2v) is 8.83. The average Bonchev–Trinajstić information content (AvgIpc) is 2.62. The first-order valence-corrected chi connectivity index (χ1v) is 10.8. The van der Waals surface area contributed by atoms with E-state index >= 15 is 0 Å². The number of rotatable bonds is 12. The molecule has 26 heavy (non-hydrogen) atoms. The van der Waals surface area contributed by atoms with Crippen LogP contribution in [0.2, 0.25) is 0 Å². The Balaban J connectivity index is 2.53. The van der Waals surface area contributed by atoms with E-state index in [1.807, 2.05) is 0 Å². The second kappa shape index (κ2) is 12.2. The highest BCUT2D eigenvalue weighted by Gasteiger charge is 2.37. The van der Waals surface area contributed by atoms with E-state index in [-0.39, 0.29) is 24.7 Å². The lowest BCUT2D eigenvalue weighted by Crippen LogP contribution is -2.34. The molecule has 1 aliphatic rings. The van der Waals surface area contributed by atoms with Crippen LogP contribution in [0.5, 0.6) is 0 Å². The minimum atomic E-state index is -1.52. The van der Waals surface area contributed by atoms with Crippen molar-refractivity contribution in [2.45, 2.75) is 104 Å². The molecular formula is C22H40F4. The van der Waals surface area contributed by atoms with Crippen molar-refractivity contribution in [1.82, 2.24) is 0 Å². The minimum Gasteiger partial charge on any atom is -0.251 e. The van der Waals surface area contributed by atoms with Gasteiger partial charge in [0, 0.05) is 0 Å². The van der Waals surface area contributed by atoms with E-state index in [1.54, 1.807) is 0 Å². The molecular weight excluding hydrogens is 340 g/mol. The zero-order chi connectivity index (χ0) is 19.7. The van der Waals surface area contributed by atoms with Gasteiger partial charge >= 0.3 is 0 Å². The molecule has 0 bridgehead atoms. The Kier molecular flexibility index (Phi) is 11.2. The molecule has 0 N–H and O–H groups in total. The predicted octanol–water partition coefficient (Wildman–Crippen LogP) is 7.66. The van der Waals surface area contributed by atoms with E-state index in [4.69, 9.17) is 0 Å². The lowest BCUT2D eigenvalue weighted by Gasteiger charge is -2.39. The van der Waals surface area contributed by atoms with Crippen molar-refractivity contribution < 1.29 is 17.6 Å². The molecule has 1 aliphatic carbocycles. The maximum Gasteiger partial charge on any atom is 0.131 e. The van der Waals surface area contributed by atoms with Crippen LogP contribution in [-0.4, -0.2) is 25.2 Å². The van der Waals surface area contributed by atoms with Crippen molar-refractivity contribution in [2.75, 3.05) is 6.67 Å². The summed E-state index contributed by atoms with van der Waals surface area (Å²) in [5.41, 5.74) is 0. The molecule has 0 heterocycles. The van der Waals surface area contributed by atoms with Crippen LogP contribution in [0.15, 0.2) is 0 Å². The van der Waals surface area contributed by atoms with Crippen molar-refractivity contribution in [3.05, 3.63) is 0 Å². The minimum absolute atomic E-state index is 0.0697. The van der Waals surface area contributed by atoms with Crippen molar-refractivity contribution in [1.29, 1.82) is 0 Å². The van der Waals surface area contributed by atoms with Crippen LogP contribution in [0.3, 0.4) is 0 Å². The van der Waals surface area contributed by atoms with Crippen molar-refractivity contribution in [2.24, 2.45) is 29.6 Å². The molecule has 0 saturated heterocycles. The van der Waals surface area contributed by atoms with Crippen LogP contribution < -0.4 is 0 Å². The summed E-state index contributed by atoms with van der Waals surface area (Å²) in [6.45, 7) is 7.40. The summed E-state index contributed by atoms with van der Waals surface area (Å²) in [4.78, 5) is 0. The number of halogens is 4. The van der Waals surface area contributed by atoms with Gasteiger partial charge in [0.2, 0.25) is 0 Å². The molecule has 4 heteroatoms. The molecule has 0 aromatic heterocycles. The highest BCUT2D eigenvalue weighted by atomic mass is 19.2. The Morgan fingerprint density at radius 3 is 2.15 bits per heavy atom. The molecule has 1 rings (SSSR count). The molecule has 0 amide bonds. The third-order valence-electron chi connectivity index (χ3n) is 6.88. The van der Waals surface area contributed by atoms with Gasteiger partial charge in [0.1, 0.15) is 18.5 Å². The van der Waals surface area contributed by atoms with Gasteiger partial charge in [0.25, 0.3) is 0 Å². The Labute approximate surface area is 158 Å². The average molecular weight is 381 g/mol. The van der Waals surface area contributed by atoms with Crippen LogP contribution in [-0.2, 0) is 0 Å². The first kappa shape index (κ1) is 23.8. The summed E-state index contributed by atoms with van der Waals surface area (Å²) in [7, 11) is 0. The molecule has 1 fully saturated rings. The van der Waals surface area contributed by atoms with E-state index < -0.39 is 25.2 Å². The number of hydrogen-bond acceptors (Lipinski definition) is 0. The van der Waals surface area contributed by atoms with Crippen molar-refractivity contribution in [3.8, 4) is 0 Å². The van der Waals surface area contributed by atoms with Gasteiger partial charge in [-0.3, -0.25) is 4.39 Å². The summed E-state index contributed by atoms with van der Waals surface area (Å²) in [5, 5.41) is 0. The van der Waals surface area contributed by atoms with Gasteiger partial charge in [-0.05, 0) is 75.0 Å². The van der Waals surface area contributed by atoms with Gasteiger partial charge in [0.15, 0.2) is 0 Å². The normalized spacial score (nSPS) is 29.8. The molecule has 0 aromatic rings.